The fourth-order valence-electron chi connectivity index (χ4n) is 3.05. The maximum Gasteiger partial charge on any atom is 0.184 e. The molecule has 0 saturated carbocycles. The third-order valence-corrected chi connectivity index (χ3v) is 5.49. The van der Waals surface area contributed by atoms with E-state index in [9.17, 15) is 5.11 Å². The SMILES string of the molecule is O[C@@H]1C[C@@H]2OC(c3ccccc3)OC[C@H]2OC1Sc1ccccc1. The van der Waals surface area contributed by atoms with Crippen LogP contribution in [-0.2, 0) is 14.2 Å². The van der Waals surface area contributed by atoms with Crippen LogP contribution in [0.1, 0.15) is 18.3 Å². The van der Waals surface area contributed by atoms with Crippen molar-refractivity contribution in [1.82, 2.24) is 0 Å². The van der Waals surface area contributed by atoms with E-state index in [4.69, 9.17) is 14.2 Å². The highest BCUT2D eigenvalue weighted by Crippen LogP contribution is 2.38. The van der Waals surface area contributed by atoms with Gasteiger partial charge in [-0.2, -0.15) is 0 Å². The van der Waals surface area contributed by atoms with Crippen LogP contribution in [0.3, 0.4) is 0 Å². The van der Waals surface area contributed by atoms with Gasteiger partial charge >= 0.3 is 0 Å². The monoisotopic (exact) mass is 344 g/mol. The highest BCUT2D eigenvalue weighted by Gasteiger charge is 2.42. The molecule has 2 saturated heterocycles. The lowest BCUT2D eigenvalue weighted by Crippen LogP contribution is -2.52. The molecule has 5 atom stereocenters. The Morgan fingerprint density at radius 2 is 1.58 bits per heavy atom. The van der Waals surface area contributed by atoms with Crippen molar-refractivity contribution in [3.05, 3.63) is 66.2 Å². The average Bonchev–Trinajstić information content (AvgIpc) is 2.63. The molecule has 0 amide bonds. The summed E-state index contributed by atoms with van der Waals surface area (Å²) in [6, 6.07) is 19.9. The molecule has 2 aliphatic heterocycles. The van der Waals surface area contributed by atoms with Gasteiger partial charge in [0.2, 0.25) is 0 Å². The highest BCUT2D eigenvalue weighted by atomic mass is 32.2. The molecule has 0 aromatic heterocycles. The molecule has 126 valence electrons. The molecule has 2 heterocycles. The molecule has 4 nitrogen and oxygen atoms in total. The third-order valence-electron chi connectivity index (χ3n) is 4.29. The lowest BCUT2D eigenvalue weighted by atomic mass is 10.0. The second kappa shape index (κ2) is 7.25. The fourth-order valence-corrected chi connectivity index (χ4v) is 4.10. The van der Waals surface area contributed by atoms with Gasteiger partial charge in [-0.15, -0.1) is 0 Å². The number of benzene rings is 2. The normalized spacial score (nSPS) is 33.0. The Hall–Kier alpha value is -1.37. The smallest absolute Gasteiger partial charge is 0.184 e. The van der Waals surface area contributed by atoms with Gasteiger partial charge in [0.25, 0.3) is 0 Å². The largest absolute Gasteiger partial charge is 0.389 e. The molecule has 2 fully saturated rings. The summed E-state index contributed by atoms with van der Waals surface area (Å²) in [6.45, 7) is 0.475. The van der Waals surface area contributed by atoms with Crippen molar-refractivity contribution in [2.45, 2.75) is 41.4 Å². The van der Waals surface area contributed by atoms with Crippen molar-refractivity contribution in [2.24, 2.45) is 0 Å². The molecule has 0 bridgehead atoms. The van der Waals surface area contributed by atoms with Crippen LogP contribution in [0.15, 0.2) is 65.6 Å². The molecule has 24 heavy (non-hydrogen) atoms. The van der Waals surface area contributed by atoms with Crippen LogP contribution in [0.25, 0.3) is 0 Å². The van der Waals surface area contributed by atoms with Gasteiger partial charge in [-0.1, -0.05) is 60.3 Å². The predicted octanol–water partition coefficient (Wildman–Crippen LogP) is 3.37. The van der Waals surface area contributed by atoms with E-state index in [-0.39, 0.29) is 23.9 Å². The molecule has 1 N–H and O–H groups in total. The van der Waals surface area contributed by atoms with Crippen LogP contribution in [0, 0.1) is 0 Å². The second-order valence-corrected chi connectivity index (χ2v) is 7.20. The summed E-state index contributed by atoms with van der Waals surface area (Å²) in [5, 5.41) is 10.5. The molecular formula is C19H20O4S. The number of hydrogen-bond donors (Lipinski definition) is 1. The Kier molecular flexibility index (Phi) is 4.87. The lowest BCUT2D eigenvalue weighted by Gasteiger charge is -2.43. The number of rotatable bonds is 3. The molecule has 0 aliphatic carbocycles. The van der Waals surface area contributed by atoms with E-state index in [0.717, 1.165) is 10.5 Å². The van der Waals surface area contributed by atoms with E-state index in [0.29, 0.717) is 13.0 Å². The van der Waals surface area contributed by atoms with Gasteiger partial charge in [0.15, 0.2) is 6.29 Å². The summed E-state index contributed by atoms with van der Waals surface area (Å²) >= 11 is 1.54. The summed E-state index contributed by atoms with van der Waals surface area (Å²) < 4.78 is 17.9. The quantitative estimate of drug-likeness (QED) is 0.925. The van der Waals surface area contributed by atoms with Crippen molar-refractivity contribution < 1.29 is 19.3 Å². The molecule has 0 radical (unpaired) electrons. The standard InChI is InChI=1S/C19H20O4S/c20-15-11-16-17(23-19(15)24-14-9-5-2-6-10-14)12-21-18(22-16)13-7-3-1-4-8-13/h1-10,15-20H,11-12H2/t15-,16+,17-,18?,19?/m1/s1. The van der Waals surface area contributed by atoms with E-state index in [2.05, 4.69) is 0 Å². The number of aliphatic hydroxyl groups is 1. The van der Waals surface area contributed by atoms with Crippen molar-refractivity contribution in [3.63, 3.8) is 0 Å². The maximum absolute atomic E-state index is 10.5. The molecule has 0 spiro atoms. The van der Waals surface area contributed by atoms with E-state index < -0.39 is 6.10 Å². The lowest BCUT2D eigenvalue weighted by molar-refractivity contribution is -0.292. The first-order valence-electron chi connectivity index (χ1n) is 8.17. The minimum Gasteiger partial charge on any atom is -0.389 e. The Morgan fingerprint density at radius 3 is 2.33 bits per heavy atom. The summed E-state index contributed by atoms with van der Waals surface area (Å²) in [4.78, 5) is 1.08. The topological polar surface area (TPSA) is 47.9 Å². The van der Waals surface area contributed by atoms with Crippen LogP contribution in [0.2, 0.25) is 0 Å². The number of hydrogen-bond acceptors (Lipinski definition) is 5. The third kappa shape index (κ3) is 3.50. The van der Waals surface area contributed by atoms with Crippen molar-refractivity contribution in [1.29, 1.82) is 0 Å². The van der Waals surface area contributed by atoms with Crippen LogP contribution in [0.5, 0.6) is 0 Å². The first-order chi connectivity index (χ1) is 11.8. The van der Waals surface area contributed by atoms with Gasteiger partial charge < -0.3 is 19.3 Å². The van der Waals surface area contributed by atoms with Gasteiger partial charge in [0.05, 0.1) is 18.8 Å². The molecule has 2 aromatic carbocycles. The second-order valence-electron chi connectivity index (χ2n) is 6.03. The van der Waals surface area contributed by atoms with Crippen molar-refractivity contribution in [3.8, 4) is 0 Å². The number of aliphatic hydroxyl groups excluding tert-OH is 1. The van der Waals surface area contributed by atoms with Gasteiger partial charge in [-0.25, -0.2) is 0 Å². The molecule has 2 unspecified atom stereocenters. The first-order valence-corrected chi connectivity index (χ1v) is 9.05. The molecule has 2 aliphatic rings. The summed E-state index contributed by atoms with van der Waals surface area (Å²) in [5.74, 6) is 0. The fraction of sp³-hybridized carbons (Fsp3) is 0.368. The highest BCUT2D eigenvalue weighted by molar-refractivity contribution is 7.99. The number of fused-ring (bicyclic) bond motifs is 1. The minimum absolute atomic E-state index is 0.144. The van der Waals surface area contributed by atoms with E-state index in [1.165, 1.54) is 0 Å². The number of ether oxygens (including phenoxy) is 3. The van der Waals surface area contributed by atoms with Gasteiger partial charge in [-0.3, -0.25) is 0 Å². The summed E-state index contributed by atoms with van der Waals surface area (Å²) in [7, 11) is 0. The first kappa shape index (κ1) is 16.1. The zero-order valence-electron chi connectivity index (χ0n) is 13.2. The van der Waals surface area contributed by atoms with E-state index >= 15 is 0 Å². The van der Waals surface area contributed by atoms with Crippen LogP contribution < -0.4 is 0 Å². The van der Waals surface area contributed by atoms with Gasteiger partial charge in [0.1, 0.15) is 11.5 Å². The zero-order chi connectivity index (χ0) is 16.4. The van der Waals surface area contributed by atoms with E-state index in [1.807, 2.05) is 60.7 Å². The molecule has 2 aromatic rings. The minimum atomic E-state index is -0.564. The van der Waals surface area contributed by atoms with Gasteiger partial charge in [0, 0.05) is 16.9 Å². The van der Waals surface area contributed by atoms with Crippen LogP contribution in [0.4, 0.5) is 0 Å². The Balaban J connectivity index is 1.41. The van der Waals surface area contributed by atoms with Crippen molar-refractivity contribution >= 4 is 11.8 Å². The predicted molar refractivity (Wildman–Crippen MR) is 91.6 cm³/mol. The van der Waals surface area contributed by atoms with Crippen molar-refractivity contribution in [2.75, 3.05) is 6.61 Å². The Labute approximate surface area is 145 Å². The number of thioether (sulfide) groups is 1. The zero-order valence-corrected chi connectivity index (χ0v) is 14.0. The summed E-state index contributed by atoms with van der Waals surface area (Å²) in [5.41, 5.74) is 0.695. The maximum atomic E-state index is 10.5. The van der Waals surface area contributed by atoms with E-state index in [1.54, 1.807) is 11.8 Å². The Bertz CT molecular complexity index is 651. The molecule has 4 rings (SSSR count). The van der Waals surface area contributed by atoms with Crippen LogP contribution in [-0.4, -0.2) is 35.5 Å². The van der Waals surface area contributed by atoms with Gasteiger partial charge in [-0.05, 0) is 12.1 Å². The average molecular weight is 344 g/mol. The molecule has 5 heteroatoms. The molecular weight excluding hydrogens is 324 g/mol. The van der Waals surface area contributed by atoms with Crippen LogP contribution >= 0.6 is 11.8 Å². The Morgan fingerprint density at radius 1 is 0.875 bits per heavy atom. The summed E-state index contributed by atoms with van der Waals surface area (Å²) in [6.07, 6.45) is -0.685.